The molecule has 4 nitrogen and oxygen atoms in total. The zero-order valence-electron chi connectivity index (χ0n) is 33.0. The molecule has 15 rings (SSSR count). The maximum absolute atomic E-state index is 2.62. The molecule has 0 aliphatic rings. The summed E-state index contributed by atoms with van der Waals surface area (Å²) >= 11 is 0. The van der Waals surface area contributed by atoms with E-state index in [-0.39, 0.29) is 0 Å². The van der Waals surface area contributed by atoms with Crippen LogP contribution in [-0.4, -0.2) is 17.9 Å². The molecule has 15 aromatic rings. The van der Waals surface area contributed by atoms with Gasteiger partial charge in [-0.25, -0.2) is 0 Å². The van der Waals surface area contributed by atoms with E-state index in [1.165, 1.54) is 142 Å². The molecule has 0 spiro atoms. The summed E-state index contributed by atoms with van der Waals surface area (Å²) < 4.78 is 10.2. The summed E-state index contributed by atoms with van der Waals surface area (Å²) in [5.74, 6) is 0. The zero-order chi connectivity index (χ0) is 39.1. The first kappa shape index (κ1) is 31.2. The summed E-state index contributed by atoms with van der Waals surface area (Å²) in [7, 11) is 0. The minimum absolute atomic E-state index is 1.18. The second-order valence-electron chi connectivity index (χ2n) is 16.9. The number of fused-ring (bicyclic) bond motifs is 20. The van der Waals surface area contributed by atoms with Crippen LogP contribution in [0.4, 0.5) is 0 Å². The van der Waals surface area contributed by atoms with Gasteiger partial charge in [-0.2, -0.15) is 0 Å². The molecule has 6 heterocycles. The van der Waals surface area contributed by atoms with Gasteiger partial charge in [0.25, 0.3) is 0 Å². The molecule has 0 fully saturated rings. The molecule has 6 aromatic heterocycles. The van der Waals surface area contributed by atoms with Gasteiger partial charge in [-0.1, -0.05) is 109 Å². The van der Waals surface area contributed by atoms with Crippen LogP contribution in [0.15, 0.2) is 170 Å². The van der Waals surface area contributed by atoms with Crippen molar-refractivity contribution < 1.29 is 0 Å². The maximum atomic E-state index is 2.62. The van der Waals surface area contributed by atoms with Gasteiger partial charge in [0.1, 0.15) is 0 Å². The van der Waals surface area contributed by atoms with Gasteiger partial charge in [0.05, 0.1) is 55.2 Å². The van der Waals surface area contributed by atoms with Gasteiger partial charge in [-0.3, -0.25) is 0 Å². The Labute approximate surface area is 342 Å². The topological polar surface area (TPSA) is 18.7 Å². The quantitative estimate of drug-likeness (QED) is 0.167. The standard InChI is InChI=1S/C56H34N4/c1-31-47-39-29-45-49(35-21-9-13-25-41(35)57(45)33-17-5-3-6-18-33)51-38-24-12-16-28-44(38)60(55(39)51)54(47)32(2)48-40-30-46-50(52-37-23-11-15-27-43(37)59(53(31)48)56(40)52)36-22-10-14-26-42(36)58(46)34-19-7-4-8-20-34/h3-30H,1-2H3. The fourth-order valence-corrected chi connectivity index (χ4v) is 12.0. The number of rotatable bonds is 2. The first-order chi connectivity index (χ1) is 29.7. The van der Waals surface area contributed by atoms with Crippen LogP contribution in [0, 0.1) is 13.8 Å². The van der Waals surface area contributed by atoms with Gasteiger partial charge in [0.2, 0.25) is 0 Å². The highest BCUT2D eigenvalue weighted by atomic mass is 15.0. The Bertz CT molecular complexity index is 4060. The summed E-state index contributed by atoms with van der Waals surface area (Å²) in [5.41, 5.74) is 17.7. The van der Waals surface area contributed by atoms with E-state index in [0.717, 1.165) is 0 Å². The Hall–Kier alpha value is -7.82. The largest absolute Gasteiger partial charge is 0.309 e. The normalized spacial score (nSPS) is 12.8. The van der Waals surface area contributed by atoms with Crippen molar-refractivity contribution in [2.75, 3.05) is 0 Å². The molecule has 0 N–H and O–H groups in total. The Kier molecular flexibility index (Phi) is 5.52. The summed E-state index contributed by atoms with van der Waals surface area (Å²) in [6.45, 7) is 4.78. The minimum atomic E-state index is 1.18. The smallest absolute Gasteiger partial charge is 0.0628 e. The summed E-state index contributed by atoms with van der Waals surface area (Å²) in [5, 5.41) is 15.8. The third kappa shape index (κ3) is 3.43. The Morgan fingerprint density at radius 2 is 0.600 bits per heavy atom. The van der Waals surface area contributed by atoms with Crippen LogP contribution in [-0.2, 0) is 0 Å². The van der Waals surface area contributed by atoms with Crippen molar-refractivity contribution in [3.63, 3.8) is 0 Å². The van der Waals surface area contributed by atoms with Gasteiger partial charge in [-0.15, -0.1) is 0 Å². The van der Waals surface area contributed by atoms with Crippen LogP contribution in [0.5, 0.6) is 0 Å². The van der Waals surface area contributed by atoms with E-state index in [9.17, 15) is 0 Å². The van der Waals surface area contributed by atoms with E-state index in [4.69, 9.17) is 0 Å². The molecule has 0 amide bonds. The number of para-hydroxylation sites is 6. The number of hydrogen-bond donors (Lipinski definition) is 0. The number of aryl methyl sites for hydroxylation is 2. The fourth-order valence-electron chi connectivity index (χ4n) is 12.0. The molecule has 0 saturated heterocycles. The molecule has 0 radical (unpaired) electrons. The van der Waals surface area contributed by atoms with Crippen molar-refractivity contribution >= 4 is 120 Å². The highest BCUT2D eigenvalue weighted by Gasteiger charge is 2.30. The molecular formula is C56H34N4. The lowest BCUT2D eigenvalue weighted by Crippen LogP contribution is -1.93. The molecule has 0 aliphatic carbocycles. The lowest BCUT2D eigenvalue weighted by molar-refractivity contribution is 1.18. The first-order valence-electron chi connectivity index (χ1n) is 21.0. The molecule has 278 valence electrons. The van der Waals surface area contributed by atoms with Crippen molar-refractivity contribution in [1.29, 1.82) is 0 Å². The average molecular weight is 763 g/mol. The van der Waals surface area contributed by atoms with E-state index in [2.05, 4.69) is 202 Å². The highest BCUT2D eigenvalue weighted by Crippen LogP contribution is 2.53. The third-order valence-corrected chi connectivity index (χ3v) is 14.1. The number of hydrogen-bond acceptors (Lipinski definition) is 0. The SMILES string of the molecule is Cc1c2c3cc4c(c5ccccc5n4-c4ccccc4)c4c5ccccc5n(c2c(C)c2c5cc6c(c7ccccc7n6-c6ccccc6)c6c7ccccc7n(c12)c56)c34. The third-order valence-electron chi connectivity index (χ3n) is 14.1. The lowest BCUT2D eigenvalue weighted by Gasteiger charge is -2.11. The summed E-state index contributed by atoms with van der Waals surface area (Å²) in [6.07, 6.45) is 0. The summed E-state index contributed by atoms with van der Waals surface area (Å²) in [4.78, 5) is 0. The van der Waals surface area contributed by atoms with Crippen molar-refractivity contribution in [2.24, 2.45) is 0 Å². The number of aromatic nitrogens is 4. The Morgan fingerprint density at radius 1 is 0.267 bits per heavy atom. The van der Waals surface area contributed by atoms with E-state index < -0.39 is 0 Å². The van der Waals surface area contributed by atoms with Gasteiger partial charge >= 0.3 is 0 Å². The van der Waals surface area contributed by atoms with E-state index in [1.54, 1.807) is 0 Å². The van der Waals surface area contributed by atoms with Gasteiger partial charge in [0, 0.05) is 76.0 Å². The first-order valence-corrected chi connectivity index (χ1v) is 21.0. The minimum Gasteiger partial charge on any atom is -0.309 e. The number of nitrogens with zero attached hydrogens (tertiary/aromatic N) is 4. The van der Waals surface area contributed by atoms with Crippen molar-refractivity contribution in [2.45, 2.75) is 13.8 Å². The monoisotopic (exact) mass is 762 g/mol. The molecule has 60 heavy (non-hydrogen) atoms. The maximum Gasteiger partial charge on any atom is 0.0628 e. The predicted molar refractivity (Wildman–Crippen MR) is 254 cm³/mol. The highest BCUT2D eigenvalue weighted by molar-refractivity contribution is 6.40. The van der Waals surface area contributed by atoms with Crippen LogP contribution in [0.2, 0.25) is 0 Å². The Morgan fingerprint density at radius 3 is 1.00 bits per heavy atom. The van der Waals surface area contributed by atoms with Gasteiger partial charge < -0.3 is 17.9 Å². The average Bonchev–Trinajstić information content (AvgIpc) is 4.13. The van der Waals surface area contributed by atoms with Gasteiger partial charge in [-0.05, 0) is 85.6 Å². The molecular weight excluding hydrogens is 729 g/mol. The van der Waals surface area contributed by atoms with Crippen LogP contribution >= 0.6 is 0 Å². The van der Waals surface area contributed by atoms with Crippen LogP contribution in [0.1, 0.15) is 11.1 Å². The number of benzene rings is 9. The molecule has 0 aliphatic heterocycles. The molecule has 4 heteroatoms. The van der Waals surface area contributed by atoms with E-state index in [0.29, 0.717) is 0 Å². The predicted octanol–water partition coefficient (Wildman–Crippen LogP) is 14.8. The van der Waals surface area contributed by atoms with Gasteiger partial charge in [0.15, 0.2) is 0 Å². The van der Waals surface area contributed by atoms with E-state index >= 15 is 0 Å². The lowest BCUT2D eigenvalue weighted by atomic mass is 9.95. The second-order valence-corrected chi connectivity index (χ2v) is 16.9. The molecule has 9 aromatic carbocycles. The Balaban J connectivity index is 1.23. The molecule has 0 saturated carbocycles. The molecule has 0 unspecified atom stereocenters. The second kappa shape index (κ2) is 10.6. The van der Waals surface area contributed by atoms with Crippen LogP contribution < -0.4 is 0 Å². The zero-order valence-corrected chi connectivity index (χ0v) is 33.0. The van der Waals surface area contributed by atoms with Crippen molar-refractivity contribution in [1.82, 2.24) is 17.9 Å². The van der Waals surface area contributed by atoms with E-state index in [1.807, 2.05) is 0 Å². The van der Waals surface area contributed by atoms with Crippen molar-refractivity contribution in [3.8, 4) is 11.4 Å². The summed E-state index contributed by atoms with van der Waals surface area (Å²) in [6, 6.07) is 62.9. The van der Waals surface area contributed by atoms with Crippen molar-refractivity contribution in [3.05, 3.63) is 181 Å². The van der Waals surface area contributed by atoms with Crippen LogP contribution in [0.25, 0.3) is 131 Å². The fraction of sp³-hybridized carbons (Fsp3) is 0.0357. The molecule has 0 atom stereocenters. The molecule has 0 bridgehead atoms. The van der Waals surface area contributed by atoms with Crippen LogP contribution in [0.3, 0.4) is 0 Å².